The van der Waals surface area contributed by atoms with Crippen LogP contribution in [0.5, 0.6) is 0 Å². The summed E-state index contributed by atoms with van der Waals surface area (Å²) in [6.45, 7) is 0.698. The molecular formula is C10H12BrNO3S. The predicted octanol–water partition coefficient (Wildman–Crippen LogP) is 2.70. The normalized spacial score (nSPS) is 20.7. The lowest BCUT2D eigenvalue weighted by atomic mass is 10.2. The van der Waals surface area contributed by atoms with Gasteiger partial charge < -0.3 is 4.74 Å². The lowest BCUT2D eigenvalue weighted by Gasteiger charge is -2.21. The number of hydroxylamine groups is 1. The number of nitrogens with one attached hydrogen (secondary N) is 1. The Kier molecular flexibility index (Phi) is 4.34. The molecule has 16 heavy (non-hydrogen) atoms. The van der Waals surface area contributed by atoms with Gasteiger partial charge in [-0.1, -0.05) is 0 Å². The minimum absolute atomic E-state index is 0.240. The fourth-order valence-electron chi connectivity index (χ4n) is 1.43. The number of carbonyl (C=O) groups is 1. The standard InChI is InChI=1S/C10H12BrNO3S/c11-7-4-6-16-9(7)10(13)12-15-8-3-1-2-5-14-8/h4,6,8H,1-3,5H2,(H,12,13). The number of amides is 1. The molecule has 0 radical (unpaired) electrons. The van der Waals surface area contributed by atoms with E-state index in [-0.39, 0.29) is 12.2 Å². The van der Waals surface area contributed by atoms with E-state index >= 15 is 0 Å². The summed E-state index contributed by atoms with van der Waals surface area (Å²) in [5, 5.41) is 1.84. The molecular weight excluding hydrogens is 294 g/mol. The van der Waals surface area contributed by atoms with Crippen LogP contribution in [0.15, 0.2) is 15.9 Å². The number of ether oxygens (including phenoxy) is 1. The van der Waals surface area contributed by atoms with Gasteiger partial charge in [-0.2, -0.15) is 0 Å². The number of hydrogen-bond acceptors (Lipinski definition) is 4. The van der Waals surface area contributed by atoms with E-state index in [2.05, 4.69) is 21.4 Å². The molecule has 0 aliphatic carbocycles. The molecule has 88 valence electrons. The van der Waals surface area contributed by atoms with Crippen molar-refractivity contribution in [2.45, 2.75) is 25.6 Å². The van der Waals surface area contributed by atoms with Crippen molar-refractivity contribution in [2.24, 2.45) is 0 Å². The Morgan fingerprint density at radius 2 is 2.50 bits per heavy atom. The first-order valence-electron chi connectivity index (χ1n) is 5.08. The smallest absolute Gasteiger partial charge is 0.286 e. The summed E-state index contributed by atoms with van der Waals surface area (Å²) >= 11 is 4.66. The Morgan fingerprint density at radius 3 is 3.12 bits per heavy atom. The van der Waals surface area contributed by atoms with Crippen LogP contribution in [0.1, 0.15) is 28.9 Å². The average Bonchev–Trinajstić information content (AvgIpc) is 2.74. The van der Waals surface area contributed by atoms with Crippen LogP contribution < -0.4 is 5.48 Å². The Hall–Kier alpha value is -0.430. The maximum absolute atomic E-state index is 11.7. The molecule has 2 rings (SSSR count). The van der Waals surface area contributed by atoms with Gasteiger partial charge in [0.25, 0.3) is 5.91 Å². The highest BCUT2D eigenvalue weighted by atomic mass is 79.9. The lowest BCUT2D eigenvalue weighted by molar-refractivity contribution is -0.186. The summed E-state index contributed by atoms with van der Waals surface area (Å²) in [6.07, 6.45) is 2.65. The third-order valence-electron chi connectivity index (χ3n) is 2.24. The van der Waals surface area contributed by atoms with Crippen molar-refractivity contribution in [3.8, 4) is 0 Å². The zero-order chi connectivity index (χ0) is 11.4. The van der Waals surface area contributed by atoms with E-state index < -0.39 is 0 Å². The van der Waals surface area contributed by atoms with Gasteiger partial charge in [0.05, 0.1) is 0 Å². The van der Waals surface area contributed by atoms with E-state index in [0.29, 0.717) is 11.5 Å². The monoisotopic (exact) mass is 305 g/mol. The van der Waals surface area contributed by atoms with Gasteiger partial charge in [0.1, 0.15) is 4.88 Å². The van der Waals surface area contributed by atoms with Crippen LogP contribution in [0.3, 0.4) is 0 Å². The molecule has 0 saturated carbocycles. The van der Waals surface area contributed by atoms with Crippen LogP contribution in [0.2, 0.25) is 0 Å². The molecule has 2 heterocycles. The first-order chi connectivity index (χ1) is 7.77. The van der Waals surface area contributed by atoms with E-state index in [9.17, 15) is 4.79 Å². The number of rotatable bonds is 3. The maximum Gasteiger partial charge on any atom is 0.286 e. The molecule has 1 aliphatic heterocycles. The van der Waals surface area contributed by atoms with Gasteiger partial charge in [-0.05, 0) is 40.2 Å². The third kappa shape index (κ3) is 3.04. The Balaban J connectivity index is 1.81. The molecule has 0 bridgehead atoms. The van der Waals surface area contributed by atoms with Crippen LogP contribution in [0.4, 0.5) is 0 Å². The second kappa shape index (κ2) is 5.77. The molecule has 1 atom stereocenters. The van der Waals surface area contributed by atoms with Gasteiger partial charge >= 0.3 is 0 Å². The SMILES string of the molecule is O=C(NOC1CCCCO1)c1sccc1Br. The van der Waals surface area contributed by atoms with E-state index in [0.717, 1.165) is 23.7 Å². The second-order valence-electron chi connectivity index (χ2n) is 3.44. The molecule has 1 aromatic heterocycles. The van der Waals surface area contributed by atoms with Crippen LogP contribution in [-0.4, -0.2) is 18.8 Å². The zero-order valence-corrected chi connectivity index (χ0v) is 11.0. The molecule has 1 N–H and O–H groups in total. The molecule has 4 nitrogen and oxygen atoms in total. The molecule has 1 unspecified atom stereocenters. The van der Waals surface area contributed by atoms with Gasteiger partial charge in [0, 0.05) is 17.5 Å². The van der Waals surface area contributed by atoms with Crippen LogP contribution in [0.25, 0.3) is 0 Å². The average molecular weight is 306 g/mol. The first-order valence-corrected chi connectivity index (χ1v) is 6.75. The second-order valence-corrected chi connectivity index (χ2v) is 5.21. The molecule has 1 amide bonds. The quantitative estimate of drug-likeness (QED) is 0.874. The minimum atomic E-state index is -0.309. The molecule has 1 aromatic rings. The van der Waals surface area contributed by atoms with Crippen molar-refractivity contribution in [3.63, 3.8) is 0 Å². The van der Waals surface area contributed by atoms with Crippen LogP contribution >= 0.6 is 27.3 Å². The summed E-state index contributed by atoms with van der Waals surface area (Å²) in [7, 11) is 0. The molecule has 0 spiro atoms. The summed E-state index contributed by atoms with van der Waals surface area (Å²) in [6, 6.07) is 1.83. The van der Waals surface area contributed by atoms with Gasteiger partial charge in [0.2, 0.25) is 0 Å². The highest BCUT2D eigenvalue weighted by Crippen LogP contribution is 2.22. The van der Waals surface area contributed by atoms with Crippen molar-refractivity contribution in [1.82, 2.24) is 5.48 Å². The fourth-order valence-corrected chi connectivity index (χ4v) is 2.86. The summed E-state index contributed by atoms with van der Waals surface area (Å²) in [5.74, 6) is -0.240. The van der Waals surface area contributed by atoms with Gasteiger partial charge in [0.15, 0.2) is 6.29 Å². The molecule has 1 aliphatic rings. The van der Waals surface area contributed by atoms with E-state index in [4.69, 9.17) is 9.57 Å². The number of hydrogen-bond donors (Lipinski definition) is 1. The highest BCUT2D eigenvalue weighted by Gasteiger charge is 2.17. The van der Waals surface area contributed by atoms with Crippen LogP contribution in [-0.2, 0) is 9.57 Å². The van der Waals surface area contributed by atoms with E-state index in [1.165, 1.54) is 11.3 Å². The number of carbonyl (C=O) groups excluding carboxylic acids is 1. The van der Waals surface area contributed by atoms with Crippen molar-refractivity contribution in [1.29, 1.82) is 0 Å². The summed E-state index contributed by atoms with van der Waals surface area (Å²) in [4.78, 5) is 17.5. The zero-order valence-electron chi connectivity index (χ0n) is 8.57. The third-order valence-corrected chi connectivity index (χ3v) is 4.08. The van der Waals surface area contributed by atoms with Gasteiger partial charge in [-0.15, -0.1) is 11.3 Å². The van der Waals surface area contributed by atoms with Crippen molar-refractivity contribution >= 4 is 33.2 Å². The van der Waals surface area contributed by atoms with E-state index in [1.807, 2.05) is 11.4 Å². The van der Waals surface area contributed by atoms with Crippen molar-refractivity contribution in [2.75, 3.05) is 6.61 Å². The molecule has 1 saturated heterocycles. The lowest BCUT2D eigenvalue weighted by Crippen LogP contribution is -2.32. The highest BCUT2D eigenvalue weighted by molar-refractivity contribution is 9.10. The van der Waals surface area contributed by atoms with Gasteiger partial charge in [-0.25, -0.2) is 10.3 Å². The Morgan fingerprint density at radius 1 is 1.62 bits per heavy atom. The molecule has 1 fully saturated rings. The number of thiophene rings is 1. The largest absolute Gasteiger partial charge is 0.350 e. The van der Waals surface area contributed by atoms with Crippen molar-refractivity contribution < 1.29 is 14.4 Å². The predicted molar refractivity (Wildman–Crippen MR) is 64.2 cm³/mol. The Bertz CT molecular complexity index is 363. The number of halogens is 1. The summed E-state index contributed by atoms with van der Waals surface area (Å²) < 4.78 is 6.11. The van der Waals surface area contributed by atoms with Crippen LogP contribution in [0, 0.1) is 0 Å². The van der Waals surface area contributed by atoms with Crippen molar-refractivity contribution in [3.05, 3.63) is 20.8 Å². The Labute approximate surface area is 106 Å². The molecule has 6 heteroatoms. The summed E-state index contributed by atoms with van der Waals surface area (Å²) in [5.41, 5.74) is 2.41. The topological polar surface area (TPSA) is 47.6 Å². The van der Waals surface area contributed by atoms with E-state index in [1.54, 1.807) is 0 Å². The maximum atomic E-state index is 11.7. The fraction of sp³-hybridized carbons (Fsp3) is 0.500. The minimum Gasteiger partial charge on any atom is -0.350 e. The molecule has 0 aromatic carbocycles. The van der Waals surface area contributed by atoms with Gasteiger partial charge in [-0.3, -0.25) is 4.79 Å². The first kappa shape index (κ1) is 12.0.